The Morgan fingerprint density at radius 2 is 2.07 bits per heavy atom. The minimum Gasteiger partial charge on any atom is -0.361 e. The molecule has 0 bridgehead atoms. The van der Waals surface area contributed by atoms with Crippen LogP contribution in [0.5, 0.6) is 0 Å². The number of carbonyl (C=O) groups is 1. The molecular formula is C19H15Cl2F3N4OS. The second kappa shape index (κ2) is 7.79. The third kappa shape index (κ3) is 3.77. The Morgan fingerprint density at radius 1 is 1.30 bits per heavy atom. The zero-order valence-corrected chi connectivity index (χ0v) is 17.8. The van der Waals surface area contributed by atoms with Crippen molar-refractivity contribution in [2.45, 2.75) is 31.6 Å². The highest BCUT2D eigenvalue weighted by Crippen LogP contribution is 2.46. The molecule has 2 unspecified atom stereocenters. The molecule has 30 heavy (non-hydrogen) atoms. The van der Waals surface area contributed by atoms with Gasteiger partial charge in [0, 0.05) is 22.0 Å². The van der Waals surface area contributed by atoms with Crippen molar-refractivity contribution < 1.29 is 18.0 Å². The maximum Gasteiger partial charge on any atom is 0.410 e. The van der Waals surface area contributed by atoms with Gasteiger partial charge in [-0.25, -0.2) is 4.68 Å². The summed E-state index contributed by atoms with van der Waals surface area (Å²) in [6.07, 6.45) is -4.82. The zero-order chi connectivity index (χ0) is 21.6. The zero-order valence-electron chi connectivity index (χ0n) is 15.4. The van der Waals surface area contributed by atoms with Crippen LogP contribution in [0.1, 0.15) is 39.4 Å². The first-order valence-electron chi connectivity index (χ1n) is 8.88. The van der Waals surface area contributed by atoms with Crippen LogP contribution >= 0.6 is 34.5 Å². The summed E-state index contributed by atoms with van der Waals surface area (Å²) >= 11 is 13.7. The monoisotopic (exact) mass is 474 g/mol. The number of amides is 1. The van der Waals surface area contributed by atoms with E-state index in [1.54, 1.807) is 42.6 Å². The summed E-state index contributed by atoms with van der Waals surface area (Å²) in [5, 5.41) is 11.6. The van der Waals surface area contributed by atoms with E-state index in [-0.39, 0.29) is 23.0 Å². The van der Waals surface area contributed by atoms with Crippen molar-refractivity contribution in [2.75, 3.05) is 10.6 Å². The van der Waals surface area contributed by atoms with Gasteiger partial charge < -0.3 is 10.6 Å². The van der Waals surface area contributed by atoms with Crippen LogP contribution in [0.15, 0.2) is 35.7 Å². The third-order valence-electron chi connectivity index (χ3n) is 4.91. The number of nitrogens with zero attached hydrogens (tertiary/aromatic N) is 2. The second-order valence-corrected chi connectivity index (χ2v) is 8.59. The van der Waals surface area contributed by atoms with Gasteiger partial charge in [-0.3, -0.25) is 4.79 Å². The molecule has 0 fully saturated rings. The maximum absolute atomic E-state index is 13.8. The van der Waals surface area contributed by atoms with Gasteiger partial charge in [0.2, 0.25) is 0 Å². The molecule has 2 N–H and O–H groups in total. The van der Waals surface area contributed by atoms with Crippen molar-refractivity contribution in [3.63, 3.8) is 0 Å². The molecule has 1 aliphatic heterocycles. The molecule has 0 saturated carbocycles. The predicted molar refractivity (Wildman–Crippen MR) is 112 cm³/mol. The summed E-state index contributed by atoms with van der Waals surface area (Å²) in [6.45, 7) is 1.71. The molecule has 0 saturated heterocycles. The average Bonchev–Trinajstić information content (AvgIpc) is 3.32. The summed E-state index contributed by atoms with van der Waals surface area (Å²) < 4.78 is 42.1. The normalized spacial score (nSPS) is 18.6. The number of carbonyl (C=O) groups excluding carboxylic acids is 1. The lowest BCUT2D eigenvalue weighted by Gasteiger charge is -2.32. The van der Waals surface area contributed by atoms with Crippen LogP contribution in [0.25, 0.3) is 0 Å². The van der Waals surface area contributed by atoms with Gasteiger partial charge in [-0.1, -0.05) is 35.3 Å². The van der Waals surface area contributed by atoms with Crippen LogP contribution < -0.4 is 10.6 Å². The van der Waals surface area contributed by atoms with E-state index in [1.165, 1.54) is 11.3 Å². The molecule has 1 amide bonds. The minimum absolute atomic E-state index is 0.0309. The van der Waals surface area contributed by atoms with E-state index in [4.69, 9.17) is 23.2 Å². The van der Waals surface area contributed by atoms with E-state index in [1.807, 2.05) is 0 Å². The molecule has 11 heteroatoms. The number of hydrogen-bond donors (Lipinski definition) is 2. The van der Waals surface area contributed by atoms with Gasteiger partial charge >= 0.3 is 6.18 Å². The molecule has 0 aliphatic carbocycles. The van der Waals surface area contributed by atoms with Crippen LogP contribution in [0, 0.1) is 6.92 Å². The fourth-order valence-electron chi connectivity index (χ4n) is 3.34. The first-order chi connectivity index (χ1) is 14.2. The number of alkyl halides is 3. The number of aromatic nitrogens is 2. The van der Waals surface area contributed by atoms with Gasteiger partial charge in [0.1, 0.15) is 10.8 Å². The molecule has 3 heterocycles. The Bertz CT molecular complexity index is 1100. The first-order valence-corrected chi connectivity index (χ1v) is 10.5. The third-order valence-corrected chi connectivity index (χ3v) is 6.67. The fourth-order valence-corrected chi connectivity index (χ4v) is 4.57. The number of rotatable bonds is 3. The van der Waals surface area contributed by atoms with Gasteiger partial charge in [0.05, 0.1) is 6.04 Å². The number of hydrogen-bond acceptors (Lipinski definition) is 4. The first kappa shape index (κ1) is 21.0. The predicted octanol–water partition coefficient (Wildman–Crippen LogP) is 6.47. The summed E-state index contributed by atoms with van der Waals surface area (Å²) in [5.41, 5.74) is 0.752. The lowest BCUT2D eigenvalue weighted by Crippen LogP contribution is -2.35. The van der Waals surface area contributed by atoms with Gasteiger partial charge in [0.15, 0.2) is 11.7 Å². The van der Waals surface area contributed by atoms with Crippen LogP contribution in [0.3, 0.4) is 0 Å². The molecule has 2 aromatic heterocycles. The van der Waals surface area contributed by atoms with Crippen molar-refractivity contribution in [3.8, 4) is 0 Å². The lowest BCUT2D eigenvalue weighted by atomic mass is 10.0. The quantitative estimate of drug-likeness (QED) is 0.457. The number of benzene rings is 1. The molecule has 2 atom stereocenters. The summed E-state index contributed by atoms with van der Waals surface area (Å²) in [4.78, 5) is 13.5. The van der Waals surface area contributed by atoms with Crippen LogP contribution in [-0.4, -0.2) is 21.9 Å². The summed E-state index contributed by atoms with van der Waals surface area (Å²) in [5.74, 6) is -0.751. The maximum atomic E-state index is 13.8. The van der Waals surface area contributed by atoms with Crippen LogP contribution in [-0.2, 0) is 0 Å². The van der Waals surface area contributed by atoms with E-state index >= 15 is 0 Å². The number of fused-ring (bicyclic) bond motifs is 1. The van der Waals surface area contributed by atoms with E-state index < -0.39 is 24.2 Å². The SMILES string of the molecule is Cc1c(Cl)cccc1NC(=O)c1nn2c(c1Cl)NC(c1cccs1)CC2C(F)(F)F. The Kier molecular flexibility index (Phi) is 5.46. The Morgan fingerprint density at radius 3 is 2.73 bits per heavy atom. The van der Waals surface area contributed by atoms with E-state index in [0.29, 0.717) is 16.3 Å². The number of nitrogens with one attached hydrogen (secondary N) is 2. The Balaban J connectivity index is 1.71. The van der Waals surface area contributed by atoms with E-state index in [0.717, 1.165) is 9.56 Å². The highest BCUT2D eigenvalue weighted by atomic mass is 35.5. The minimum atomic E-state index is -4.56. The highest BCUT2D eigenvalue weighted by molar-refractivity contribution is 7.10. The van der Waals surface area contributed by atoms with E-state index in [2.05, 4.69) is 15.7 Å². The lowest BCUT2D eigenvalue weighted by molar-refractivity contribution is -0.173. The van der Waals surface area contributed by atoms with Crippen molar-refractivity contribution in [3.05, 3.63) is 61.9 Å². The van der Waals surface area contributed by atoms with Gasteiger partial charge in [0.25, 0.3) is 5.91 Å². The molecular weight excluding hydrogens is 460 g/mol. The van der Waals surface area contributed by atoms with Crippen molar-refractivity contribution in [1.29, 1.82) is 0 Å². The van der Waals surface area contributed by atoms with Crippen LogP contribution in [0.4, 0.5) is 24.7 Å². The number of halogens is 5. The van der Waals surface area contributed by atoms with Crippen molar-refractivity contribution in [2.24, 2.45) is 0 Å². The summed E-state index contributed by atoms with van der Waals surface area (Å²) in [7, 11) is 0. The van der Waals surface area contributed by atoms with E-state index in [9.17, 15) is 18.0 Å². The van der Waals surface area contributed by atoms with Crippen molar-refractivity contribution in [1.82, 2.24) is 9.78 Å². The standard InChI is InChI=1S/C19H15Cl2F3N4OS/c1-9-10(20)4-2-5-11(9)26-18(29)16-15(21)17-25-12(13-6-3-7-30-13)8-14(19(22,23)24)28(17)27-16/h2-7,12,14,25H,8H2,1H3,(H,26,29). The van der Waals surface area contributed by atoms with Crippen molar-refractivity contribution >= 4 is 52.0 Å². The second-order valence-electron chi connectivity index (χ2n) is 6.83. The number of anilines is 2. The molecule has 1 aromatic carbocycles. The van der Waals surface area contributed by atoms with Gasteiger partial charge in [-0.2, -0.15) is 18.3 Å². The average molecular weight is 475 g/mol. The molecule has 3 aromatic rings. The van der Waals surface area contributed by atoms with Crippen LogP contribution in [0.2, 0.25) is 10.0 Å². The Hall–Kier alpha value is -2.23. The number of thiophene rings is 1. The molecule has 0 radical (unpaired) electrons. The molecule has 1 aliphatic rings. The van der Waals surface area contributed by atoms with Gasteiger partial charge in [-0.05, 0) is 36.1 Å². The molecule has 0 spiro atoms. The summed E-state index contributed by atoms with van der Waals surface area (Å²) in [6, 6.07) is 5.97. The highest BCUT2D eigenvalue weighted by Gasteiger charge is 2.48. The Labute approximate surface area is 183 Å². The molecule has 158 valence electrons. The van der Waals surface area contributed by atoms with Gasteiger partial charge in [-0.15, -0.1) is 11.3 Å². The fraction of sp³-hybridized carbons (Fsp3) is 0.263. The largest absolute Gasteiger partial charge is 0.410 e. The smallest absolute Gasteiger partial charge is 0.361 e. The topological polar surface area (TPSA) is 59.0 Å². The molecule has 4 rings (SSSR count). The molecule has 5 nitrogen and oxygen atoms in total.